The lowest BCUT2D eigenvalue weighted by molar-refractivity contribution is -0.432. The van der Waals surface area contributed by atoms with Crippen molar-refractivity contribution in [1.29, 1.82) is 0 Å². The molecule has 0 aromatic heterocycles. The number of aromatic hydroxyl groups is 1. The van der Waals surface area contributed by atoms with Gasteiger partial charge in [0.2, 0.25) is 0 Å². The number of nitrogens with zero attached hydrogens (tertiary/aromatic N) is 2. The Morgan fingerprint density at radius 2 is 1.47 bits per heavy atom. The van der Waals surface area contributed by atoms with E-state index in [4.69, 9.17) is 10.5 Å². The lowest BCUT2D eigenvalue weighted by Crippen LogP contribution is -2.01. The minimum Gasteiger partial charge on any atom is -0.505 e. The molecule has 0 amide bonds. The van der Waals surface area contributed by atoms with Gasteiger partial charge in [0.15, 0.2) is 5.75 Å². The minimum absolute atomic E-state index is 0.0218. The Hall–Kier alpha value is -4.33. The summed E-state index contributed by atoms with van der Waals surface area (Å²) >= 11 is 1.24. The zero-order valence-electron chi connectivity index (χ0n) is 24.2. The zero-order valence-corrected chi connectivity index (χ0v) is 26.6. The van der Waals surface area contributed by atoms with Crippen molar-refractivity contribution in [1.82, 2.24) is 0 Å². The molecular weight excluding hydrogens is 671 g/mol. The van der Waals surface area contributed by atoms with Gasteiger partial charge in [-0.3, -0.25) is 4.55 Å². The lowest BCUT2D eigenvalue weighted by atomic mass is 10.1. The van der Waals surface area contributed by atoms with Crippen molar-refractivity contribution in [2.75, 3.05) is 5.32 Å². The van der Waals surface area contributed by atoms with Crippen LogP contribution in [0, 0.1) is 6.92 Å². The average molecular weight is 696 g/mol. The van der Waals surface area contributed by atoms with Gasteiger partial charge in [0.1, 0.15) is 10.6 Å². The molecule has 0 fully saturated rings. The number of phenols is 1. The number of hydrogen-bond donors (Lipinski definition) is 5. The normalized spacial score (nSPS) is 12.0. The molecule has 16 heteroatoms. The SMILES string of the molecule is Cc1ccc(/C=C/c2ccc(N=Nc3c(SOOO)cc4cc(Nc5ccccc5)ccc4c3O)cc2SOOO)c(S(=O)(=O)O)c1. The maximum absolute atomic E-state index is 11.9. The molecule has 0 aliphatic heterocycles. The highest BCUT2D eigenvalue weighted by Crippen LogP contribution is 2.45. The number of phenolic OH excluding ortho intramolecular Hbond substituents is 1. The number of fused-ring (bicyclic) bond motifs is 1. The van der Waals surface area contributed by atoms with Crippen LogP contribution in [0.15, 0.2) is 116 Å². The standard InChI is InChI=1S/C31H25N3O10S3/c1-19-7-8-21(29(15-19)47(38,39)40)10-9-20-11-12-25(18-27(20)45-43-41-36)33-34-30-28(46-44-42-37)17-22-16-24(13-14-26(22)31(30)35)32-23-5-3-2-4-6-23/h2-18,32,35-37H,1H3,(H,38,39,40)/b10-9+,34-33?. The van der Waals surface area contributed by atoms with E-state index in [0.29, 0.717) is 50.9 Å². The van der Waals surface area contributed by atoms with Gasteiger partial charge < -0.3 is 10.4 Å². The molecule has 0 saturated heterocycles. The highest BCUT2D eigenvalue weighted by atomic mass is 32.2. The number of aryl methyl sites for hydroxylation is 1. The maximum Gasteiger partial charge on any atom is 0.295 e. The van der Waals surface area contributed by atoms with Crippen molar-refractivity contribution in [3.63, 3.8) is 0 Å². The third-order valence-electron chi connectivity index (χ3n) is 6.57. The lowest BCUT2D eigenvalue weighted by Gasteiger charge is -2.12. The number of benzene rings is 5. The summed E-state index contributed by atoms with van der Waals surface area (Å²) in [5, 5.41) is 49.1. The van der Waals surface area contributed by atoms with Crippen LogP contribution >= 0.6 is 24.1 Å². The summed E-state index contributed by atoms with van der Waals surface area (Å²) in [6.45, 7) is 1.70. The molecule has 0 unspecified atom stereocenters. The van der Waals surface area contributed by atoms with Crippen LogP contribution in [-0.2, 0) is 28.9 Å². The van der Waals surface area contributed by atoms with E-state index in [-0.39, 0.29) is 32.5 Å². The largest absolute Gasteiger partial charge is 0.505 e. The van der Waals surface area contributed by atoms with E-state index in [1.807, 2.05) is 36.4 Å². The number of para-hydroxylation sites is 1. The topological polar surface area (TPSA) is 189 Å². The van der Waals surface area contributed by atoms with E-state index >= 15 is 0 Å². The summed E-state index contributed by atoms with van der Waals surface area (Å²) in [7, 11) is -4.48. The summed E-state index contributed by atoms with van der Waals surface area (Å²) in [5.74, 6) is -0.208. The van der Waals surface area contributed by atoms with Crippen LogP contribution in [0.4, 0.5) is 22.7 Å². The summed E-state index contributed by atoms with van der Waals surface area (Å²) in [6, 6.07) is 25.9. The third kappa shape index (κ3) is 8.73. The first kappa shape index (κ1) is 34.0. The summed E-state index contributed by atoms with van der Waals surface area (Å²) in [4.78, 5) is 0.384. The predicted octanol–water partition coefficient (Wildman–Crippen LogP) is 9.29. The first-order valence-corrected chi connectivity index (χ1v) is 16.3. The molecule has 5 rings (SSSR count). The third-order valence-corrected chi connectivity index (χ3v) is 8.76. The first-order chi connectivity index (χ1) is 22.7. The van der Waals surface area contributed by atoms with Gasteiger partial charge in [-0.1, -0.05) is 58.6 Å². The number of rotatable bonds is 13. The maximum atomic E-state index is 11.9. The van der Waals surface area contributed by atoms with Gasteiger partial charge in [-0.25, -0.2) is 10.5 Å². The minimum atomic E-state index is -4.48. The summed E-state index contributed by atoms with van der Waals surface area (Å²) < 4.78 is 42.7. The molecule has 0 aliphatic carbocycles. The Morgan fingerprint density at radius 3 is 2.19 bits per heavy atom. The van der Waals surface area contributed by atoms with Crippen LogP contribution in [0.25, 0.3) is 22.9 Å². The Morgan fingerprint density at radius 1 is 0.766 bits per heavy atom. The molecule has 0 spiro atoms. The first-order valence-electron chi connectivity index (χ1n) is 13.4. The molecule has 0 saturated carbocycles. The number of nitrogens with one attached hydrogen (secondary N) is 1. The molecule has 5 N–H and O–H groups in total. The van der Waals surface area contributed by atoms with E-state index in [1.165, 1.54) is 18.2 Å². The van der Waals surface area contributed by atoms with Gasteiger partial charge in [-0.2, -0.15) is 13.5 Å². The van der Waals surface area contributed by atoms with Crippen molar-refractivity contribution in [3.8, 4) is 5.75 Å². The van der Waals surface area contributed by atoms with Gasteiger partial charge >= 0.3 is 0 Å². The fraction of sp³-hybridized carbons (Fsp3) is 0.0323. The van der Waals surface area contributed by atoms with Crippen LogP contribution in [0.2, 0.25) is 0 Å². The van der Waals surface area contributed by atoms with E-state index in [1.54, 1.807) is 55.5 Å². The fourth-order valence-corrected chi connectivity index (χ4v) is 6.24. The second-order valence-electron chi connectivity index (χ2n) is 9.72. The summed E-state index contributed by atoms with van der Waals surface area (Å²) in [5.41, 5.74) is 3.34. The summed E-state index contributed by atoms with van der Waals surface area (Å²) in [6.07, 6.45) is 3.06. The Balaban J connectivity index is 1.48. The quantitative estimate of drug-likeness (QED) is 0.0196. The zero-order chi connectivity index (χ0) is 33.4. The molecule has 5 aromatic carbocycles. The van der Waals surface area contributed by atoms with Crippen LogP contribution in [-0.4, -0.2) is 28.6 Å². The van der Waals surface area contributed by atoms with Gasteiger partial charge in [0.25, 0.3) is 10.1 Å². The molecule has 0 radical (unpaired) electrons. The highest BCUT2D eigenvalue weighted by molar-refractivity contribution is 7.95. The number of hydrogen-bond acceptors (Lipinski definition) is 14. The molecule has 0 heterocycles. The second-order valence-corrected chi connectivity index (χ2v) is 12.6. The molecular formula is C31H25N3O10S3. The Labute approximate surface area is 277 Å². The van der Waals surface area contributed by atoms with E-state index in [2.05, 4.69) is 34.3 Å². The Bertz CT molecular complexity index is 2060. The van der Waals surface area contributed by atoms with Crippen LogP contribution < -0.4 is 5.32 Å². The monoisotopic (exact) mass is 695 g/mol. The van der Waals surface area contributed by atoms with Crippen LogP contribution in [0.1, 0.15) is 16.7 Å². The second kappa shape index (κ2) is 15.5. The highest BCUT2D eigenvalue weighted by Gasteiger charge is 2.17. The number of anilines is 2. The van der Waals surface area contributed by atoms with Crippen LogP contribution in [0.5, 0.6) is 5.75 Å². The van der Waals surface area contributed by atoms with E-state index in [0.717, 1.165) is 11.4 Å². The molecule has 13 nitrogen and oxygen atoms in total. The van der Waals surface area contributed by atoms with Crippen molar-refractivity contribution >= 4 is 79.9 Å². The Kier molecular flexibility index (Phi) is 11.2. The van der Waals surface area contributed by atoms with Crippen molar-refractivity contribution in [2.45, 2.75) is 21.6 Å². The molecule has 0 bridgehead atoms. The van der Waals surface area contributed by atoms with Gasteiger partial charge in [0, 0.05) is 21.7 Å². The van der Waals surface area contributed by atoms with E-state index in [9.17, 15) is 18.1 Å². The number of azo groups is 1. The molecule has 5 aromatic rings. The average Bonchev–Trinajstić information content (AvgIpc) is 3.06. The molecule has 0 aliphatic rings. The smallest absolute Gasteiger partial charge is 0.295 e. The molecule has 0 atom stereocenters. The van der Waals surface area contributed by atoms with Crippen molar-refractivity contribution < 1.29 is 47.3 Å². The van der Waals surface area contributed by atoms with E-state index < -0.39 is 10.1 Å². The molecule has 242 valence electrons. The van der Waals surface area contributed by atoms with Crippen LogP contribution in [0.3, 0.4) is 0 Å². The van der Waals surface area contributed by atoms with Gasteiger partial charge in [-0.15, -0.1) is 13.8 Å². The van der Waals surface area contributed by atoms with Gasteiger partial charge in [-0.05, 0) is 83.6 Å². The molecule has 47 heavy (non-hydrogen) atoms. The van der Waals surface area contributed by atoms with Crippen molar-refractivity contribution in [3.05, 3.63) is 108 Å². The fourth-order valence-electron chi connectivity index (χ4n) is 4.47. The van der Waals surface area contributed by atoms with Gasteiger partial charge in [0.05, 0.1) is 34.7 Å². The predicted molar refractivity (Wildman–Crippen MR) is 177 cm³/mol. The van der Waals surface area contributed by atoms with Crippen molar-refractivity contribution in [2.24, 2.45) is 10.2 Å².